The zero-order chi connectivity index (χ0) is 14.5. The van der Waals surface area contributed by atoms with Gasteiger partial charge in [0, 0.05) is 19.1 Å². The third-order valence-electron chi connectivity index (χ3n) is 4.29. The molecular formula is C17H27FN2. The minimum absolute atomic E-state index is 0.0793. The maximum atomic E-state index is 14.3. The van der Waals surface area contributed by atoms with Gasteiger partial charge < -0.3 is 10.2 Å². The van der Waals surface area contributed by atoms with E-state index in [0.717, 1.165) is 36.8 Å². The number of hydrogen-bond donors (Lipinski definition) is 1. The molecule has 112 valence electrons. The van der Waals surface area contributed by atoms with Crippen molar-refractivity contribution >= 4 is 5.69 Å². The van der Waals surface area contributed by atoms with E-state index in [1.54, 1.807) is 6.07 Å². The SMILES string of the molecule is CCCC1CCN(c2c(F)cccc2C(C)NCC)C1. The Kier molecular flexibility index (Phi) is 5.41. The van der Waals surface area contributed by atoms with Gasteiger partial charge in [-0.1, -0.05) is 32.4 Å². The first kappa shape index (κ1) is 15.3. The molecule has 0 saturated carbocycles. The molecule has 3 heteroatoms. The Morgan fingerprint density at radius 3 is 2.90 bits per heavy atom. The molecule has 0 bridgehead atoms. The van der Waals surface area contributed by atoms with E-state index in [-0.39, 0.29) is 11.9 Å². The van der Waals surface area contributed by atoms with Crippen LogP contribution in [0.2, 0.25) is 0 Å². The zero-order valence-electron chi connectivity index (χ0n) is 13.0. The van der Waals surface area contributed by atoms with E-state index in [4.69, 9.17) is 0 Å². The van der Waals surface area contributed by atoms with E-state index in [1.807, 2.05) is 6.07 Å². The summed E-state index contributed by atoms with van der Waals surface area (Å²) in [5, 5.41) is 3.40. The van der Waals surface area contributed by atoms with E-state index >= 15 is 0 Å². The minimum atomic E-state index is -0.0793. The highest BCUT2D eigenvalue weighted by Gasteiger charge is 2.26. The largest absolute Gasteiger partial charge is 0.369 e. The van der Waals surface area contributed by atoms with Gasteiger partial charge in [-0.2, -0.15) is 0 Å². The number of halogens is 1. The van der Waals surface area contributed by atoms with Crippen molar-refractivity contribution in [3.63, 3.8) is 0 Å². The lowest BCUT2D eigenvalue weighted by atomic mass is 10.0. The molecule has 2 nitrogen and oxygen atoms in total. The highest BCUT2D eigenvalue weighted by Crippen LogP contribution is 2.34. The van der Waals surface area contributed by atoms with Crippen molar-refractivity contribution in [3.05, 3.63) is 29.6 Å². The summed E-state index contributed by atoms with van der Waals surface area (Å²) in [6, 6.07) is 5.65. The fourth-order valence-corrected chi connectivity index (χ4v) is 3.31. The van der Waals surface area contributed by atoms with E-state index < -0.39 is 0 Å². The number of para-hydroxylation sites is 1. The molecule has 0 spiro atoms. The van der Waals surface area contributed by atoms with E-state index in [1.165, 1.54) is 19.3 Å². The highest BCUT2D eigenvalue weighted by molar-refractivity contribution is 5.57. The molecule has 2 atom stereocenters. The first-order valence-corrected chi connectivity index (χ1v) is 7.94. The number of nitrogens with zero attached hydrogens (tertiary/aromatic N) is 1. The predicted octanol–water partition coefficient (Wildman–Crippen LogP) is 4.12. The molecule has 1 heterocycles. The van der Waals surface area contributed by atoms with Crippen LogP contribution in [0.1, 0.15) is 51.6 Å². The van der Waals surface area contributed by atoms with Crippen LogP contribution < -0.4 is 10.2 Å². The molecular weight excluding hydrogens is 251 g/mol. The lowest BCUT2D eigenvalue weighted by Crippen LogP contribution is -2.26. The molecule has 1 fully saturated rings. The molecule has 2 unspecified atom stereocenters. The first-order valence-electron chi connectivity index (χ1n) is 7.94. The van der Waals surface area contributed by atoms with Crippen molar-refractivity contribution in [2.45, 2.75) is 46.1 Å². The number of anilines is 1. The highest BCUT2D eigenvalue weighted by atomic mass is 19.1. The van der Waals surface area contributed by atoms with E-state index in [9.17, 15) is 4.39 Å². The molecule has 20 heavy (non-hydrogen) atoms. The van der Waals surface area contributed by atoms with Crippen LogP contribution in [0.3, 0.4) is 0 Å². The summed E-state index contributed by atoms with van der Waals surface area (Å²) in [6.45, 7) is 9.31. The Hall–Kier alpha value is -1.09. The Morgan fingerprint density at radius 2 is 2.20 bits per heavy atom. The van der Waals surface area contributed by atoms with Crippen LogP contribution in [0.5, 0.6) is 0 Å². The monoisotopic (exact) mass is 278 g/mol. The standard InChI is InChI=1S/C17H27FN2/c1-4-7-14-10-11-20(12-14)17-15(13(3)19-5-2)8-6-9-16(17)18/h6,8-9,13-14,19H,4-5,7,10-12H2,1-3H3. The molecule has 1 saturated heterocycles. The van der Waals surface area contributed by atoms with Crippen LogP contribution in [0.15, 0.2) is 18.2 Å². The van der Waals surface area contributed by atoms with Crippen molar-refractivity contribution in [3.8, 4) is 0 Å². The van der Waals surface area contributed by atoms with Crippen LogP contribution in [-0.2, 0) is 0 Å². The molecule has 1 aromatic rings. The topological polar surface area (TPSA) is 15.3 Å². The Labute approximate surface area is 122 Å². The molecule has 1 aliphatic heterocycles. The van der Waals surface area contributed by atoms with Crippen molar-refractivity contribution in [2.24, 2.45) is 5.92 Å². The van der Waals surface area contributed by atoms with Gasteiger partial charge in [-0.25, -0.2) is 4.39 Å². The summed E-state index contributed by atoms with van der Waals surface area (Å²) in [4.78, 5) is 2.25. The molecule has 1 aromatic carbocycles. The maximum Gasteiger partial charge on any atom is 0.146 e. The maximum absolute atomic E-state index is 14.3. The van der Waals surface area contributed by atoms with Gasteiger partial charge >= 0.3 is 0 Å². The van der Waals surface area contributed by atoms with Gasteiger partial charge in [0.1, 0.15) is 5.82 Å². The quantitative estimate of drug-likeness (QED) is 0.842. The third kappa shape index (κ3) is 3.32. The lowest BCUT2D eigenvalue weighted by molar-refractivity contribution is 0.527. The normalized spacial score (nSPS) is 20.4. The predicted molar refractivity (Wildman–Crippen MR) is 83.7 cm³/mol. The van der Waals surface area contributed by atoms with Crippen molar-refractivity contribution < 1.29 is 4.39 Å². The molecule has 0 aromatic heterocycles. The van der Waals surface area contributed by atoms with Gasteiger partial charge in [0.15, 0.2) is 0 Å². The second-order valence-corrected chi connectivity index (χ2v) is 5.85. The summed E-state index contributed by atoms with van der Waals surface area (Å²) in [5.74, 6) is 0.645. The van der Waals surface area contributed by atoms with Crippen LogP contribution in [-0.4, -0.2) is 19.6 Å². The van der Waals surface area contributed by atoms with Crippen molar-refractivity contribution in [1.82, 2.24) is 5.32 Å². The average Bonchev–Trinajstić information content (AvgIpc) is 2.87. The zero-order valence-corrected chi connectivity index (χ0v) is 13.0. The summed E-state index contributed by atoms with van der Waals surface area (Å²) in [7, 11) is 0. The fourth-order valence-electron chi connectivity index (χ4n) is 3.31. The van der Waals surface area contributed by atoms with Gasteiger partial charge in [0.2, 0.25) is 0 Å². The number of nitrogens with one attached hydrogen (secondary N) is 1. The second kappa shape index (κ2) is 7.07. The van der Waals surface area contributed by atoms with Gasteiger partial charge in [-0.3, -0.25) is 0 Å². The lowest BCUT2D eigenvalue weighted by Gasteiger charge is -2.26. The van der Waals surface area contributed by atoms with Crippen LogP contribution >= 0.6 is 0 Å². The molecule has 1 N–H and O–H groups in total. The minimum Gasteiger partial charge on any atom is -0.369 e. The molecule has 1 aliphatic rings. The van der Waals surface area contributed by atoms with Crippen molar-refractivity contribution in [1.29, 1.82) is 0 Å². The van der Waals surface area contributed by atoms with Crippen LogP contribution in [0, 0.1) is 11.7 Å². The second-order valence-electron chi connectivity index (χ2n) is 5.85. The number of rotatable bonds is 6. The van der Waals surface area contributed by atoms with Gasteiger partial charge in [0.25, 0.3) is 0 Å². The Balaban J connectivity index is 2.22. The summed E-state index contributed by atoms with van der Waals surface area (Å²) >= 11 is 0. The number of benzene rings is 1. The fraction of sp³-hybridized carbons (Fsp3) is 0.647. The molecule has 0 aliphatic carbocycles. The average molecular weight is 278 g/mol. The van der Waals surface area contributed by atoms with E-state index in [2.05, 4.69) is 37.1 Å². The molecule has 2 rings (SSSR count). The van der Waals surface area contributed by atoms with Crippen LogP contribution in [0.4, 0.5) is 10.1 Å². The van der Waals surface area contributed by atoms with Crippen molar-refractivity contribution in [2.75, 3.05) is 24.5 Å². The Bertz CT molecular complexity index is 433. The Morgan fingerprint density at radius 1 is 1.40 bits per heavy atom. The smallest absolute Gasteiger partial charge is 0.146 e. The van der Waals surface area contributed by atoms with E-state index in [0.29, 0.717) is 0 Å². The van der Waals surface area contributed by atoms with Gasteiger partial charge in [0.05, 0.1) is 5.69 Å². The summed E-state index contributed by atoms with van der Waals surface area (Å²) in [5.41, 5.74) is 1.91. The molecule has 0 radical (unpaired) electrons. The van der Waals surface area contributed by atoms with Gasteiger partial charge in [-0.05, 0) is 43.9 Å². The summed E-state index contributed by atoms with van der Waals surface area (Å²) in [6.07, 6.45) is 3.66. The first-order chi connectivity index (χ1) is 9.67. The number of hydrogen-bond acceptors (Lipinski definition) is 2. The summed E-state index contributed by atoms with van der Waals surface area (Å²) < 4.78 is 14.3. The molecule has 0 amide bonds. The third-order valence-corrected chi connectivity index (χ3v) is 4.29. The van der Waals surface area contributed by atoms with Gasteiger partial charge in [-0.15, -0.1) is 0 Å². The van der Waals surface area contributed by atoms with Crippen LogP contribution in [0.25, 0.3) is 0 Å².